The van der Waals surface area contributed by atoms with Crippen molar-refractivity contribution in [3.05, 3.63) is 113 Å². The number of nitrogens with zero attached hydrogens (tertiary/aromatic N) is 2. The second-order valence-corrected chi connectivity index (χ2v) is 9.49. The summed E-state index contributed by atoms with van der Waals surface area (Å²) in [5.74, 6) is -1.15. The minimum absolute atomic E-state index is 0.00218. The Hall–Kier alpha value is -4.08. The molecule has 0 aliphatic carbocycles. The molecule has 1 fully saturated rings. The van der Waals surface area contributed by atoms with E-state index in [0.29, 0.717) is 12.1 Å². The molecule has 4 nitrogen and oxygen atoms in total. The van der Waals surface area contributed by atoms with E-state index >= 15 is 0 Å². The number of hydrogen-bond acceptors (Lipinski definition) is 2. The summed E-state index contributed by atoms with van der Waals surface area (Å²) < 4.78 is 80.5. The van der Waals surface area contributed by atoms with Gasteiger partial charge in [0.05, 0.1) is 17.2 Å². The van der Waals surface area contributed by atoms with Crippen molar-refractivity contribution in [1.82, 2.24) is 9.80 Å². The lowest BCUT2D eigenvalue weighted by atomic mass is 9.99. The lowest BCUT2D eigenvalue weighted by Crippen LogP contribution is -2.57. The highest BCUT2D eigenvalue weighted by molar-refractivity contribution is 5.95. The predicted molar refractivity (Wildman–Crippen MR) is 138 cm³/mol. The maximum atomic E-state index is 13.4. The summed E-state index contributed by atoms with van der Waals surface area (Å²) in [7, 11) is 0. The molecule has 0 saturated carbocycles. The fourth-order valence-corrected chi connectivity index (χ4v) is 4.64. The molecule has 10 heteroatoms. The molecule has 0 aromatic heterocycles. The molecule has 210 valence electrons. The van der Waals surface area contributed by atoms with Crippen molar-refractivity contribution in [3.8, 4) is 0 Å². The number of halogens is 6. The van der Waals surface area contributed by atoms with Crippen molar-refractivity contribution in [1.29, 1.82) is 0 Å². The second kappa shape index (κ2) is 12.0. The zero-order valence-electron chi connectivity index (χ0n) is 21.3. The first-order valence-corrected chi connectivity index (χ1v) is 12.6. The van der Waals surface area contributed by atoms with Gasteiger partial charge >= 0.3 is 12.4 Å². The maximum Gasteiger partial charge on any atom is 0.416 e. The number of alkyl halides is 6. The fraction of sp³-hybridized carbons (Fsp3) is 0.267. The highest BCUT2D eigenvalue weighted by Gasteiger charge is 2.39. The number of carbonyl (C=O) groups is 2. The molecule has 1 aliphatic rings. The van der Waals surface area contributed by atoms with Crippen LogP contribution in [0.2, 0.25) is 0 Å². The molecule has 3 aromatic carbocycles. The van der Waals surface area contributed by atoms with E-state index in [4.69, 9.17) is 0 Å². The molecule has 0 unspecified atom stereocenters. The average Bonchev–Trinajstić information content (AvgIpc) is 2.92. The van der Waals surface area contributed by atoms with Crippen LogP contribution in [0.4, 0.5) is 26.3 Å². The Morgan fingerprint density at radius 3 is 1.95 bits per heavy atom. The molecule has 0 bridgehead atoms. The lowest BCUT2D eigenvalue weighted by molar-refractivity contribution is -0.143. The molecule has 1 saturated heterocycles. The van der Waals surface area contributed by atoms with Gasteiger partial charge in [-0.1, -0.05) is 72.8 Å². The summed E-state index contributed by atoms with van der Waals surface area (Å²) in [6.45, 7) is 0.145. The SMILES string of the molecule is O=C(CC=Cc1ccccc1)N1CCN(C(=O)c2cc(C(F)(F)F)cc(C(F)(F)F)c2)[C@H](Cc2ccccc2)C1. The minimum atomic E-state index is -5.07. The zero-order chi connectivity index (χ0) is 28.9. The molecule has 0 radical (unpaired) electrons. The summed E-state index contributed by atoms with van der Waals surface area (Å²) in [5, 5.41) is 0. The summed E-state index contributed by atoms with van der Waals surface area (Å²) in [6.07, 6.45) is -6.24. The molecular weight excluding hydrogens is 534 g/mol. The van der Waals surface area contributed by atoms with Crippen LogP contribution in [0.25, 0.3) is 6.08 Å². The van der Waals surface area contributed by atoms with E-state index in [2.05, 4.69) is 0 Å². The first-order valence-electron chi connectivity index (χ1n) is 12.6. The number of benzene rings is 3. The van der Waals surface area contributed by atoms with E-state index < -0.39 is 41.0 Å². The number of amides is 2. The maximum absolute atomic E-state index is 13.4. The van der Waals surface area contributed by atoms with E-state index in [9.17, 15) is 35.9 Å². The Morgan fingerprint density at radius 2 is 1.38 bits per heavy atom. The standard InChI is InChI=1S/C30H26F6N2O2/c31-29(32,33)24-17-23(18-25(19-24)30(34,35)36)28(40)38-15-14-37(20-26(38)16-22-10-5-2-6-11-22)27(39)13-7-12-21-8-3-1-4-9-21/h1-12,17-19,26H,13-16,20H2/t26-/m1/s1. The fourth-order valence-electron chi connectivity index (χ4n) is 4.64. The van der Waals surface area contributed by atoms with E-state index in [0.717, 1.165) is 11.1 Å². The molecule has 1 aliphatic heterocycles. The molecular formula is C30H26F6N2O2. The highest BCUT2D eigenvalue weighted by atomic mass is 19.4. The van der Waals surface area contributed by atoms with Crippen molar-refractivity contribution in [3.63, 3.8) is 0 Å². The molecule has 1 atom stereocenters. The Balaban J connectivity index is 1.58. The van der Waals surface area contributed by atoms with Gasteiger partial charge in [-0.25, -0.2) is 0 Å². The number of carbonyl (C=O) groups excluding carboxylic acids is 2. The van der Waals surface area contributed by atoms with Crippen molar-refractivity contribution in [2.45, 2.75) is 31.2 Å². The predicted octanol–water partition coefficient (Wildman–Crippen LogP) is 6.72. The van der Waals surface area contributed by atoms with E-state index in [1.807, 2.05) is 36.4 Å². The molecule has 40 heavy (non-hydrogen) atoms. The van der Waals surface area contributed by atoms with Crippen LogP contribution in [0.3, 0.4) is 0 Å². The van der Waals surface area contributed by atoms with Crippen molar-refractivity contribution in [2.24, 2.45) is 0 Å². The summed E-state index contributed by atoms with van der Waals surface area (Å²) in [5.41, 5.74) is -2.07. The molecule has 1 heterocycles. The Labute approximate surface area is 227 Å². The third kappa shape index (κ3) is 7.31. The minimum Gasteiger partial charge on any atom is -0.339 e. The largest absolute Gasteiger partial charge is 0.416 e. The molecule has 0 spiro atoms. The molecule has 3 aromatic rings. The van der Waals surface area contributed by atoms with E-state index in [1.54, 1.807) is 41.3 Å². The van der Waals surface area contributed by atoms with E-state index in [1.165, 1.54) is 4.90 Å². The van der Waals surface area contributed by atoms with Crippen LogP contribution in [-0.2, 0) is 23.6 Å². The third-order valence-electron chi connectivity index (χ3n) is 6.65. The Morgan fingerprint density at radius 1 is 0.800 bits per heavy atom. The van der Waals surface area contributed by atoms with Crippen molar-refractivity contribution < 1.29 is 35.9 Å². The zero-order valence-corrected chi connectivity index (χ0v) is 21.3. The normalized spacial score (nSPS) is 16.4. The van der Waals surface area contributed by atoms with Crippen LogP contribution in [0.5, 0.6) is 0 Å². The van der Waals surface area contributed by atoms with Crippen molar-refractivity contribution in [2.75, 3.05) is 19.6 Å². The monoisotopic (exact) mass is 560 g/mol. The number of piperazine rings is 1. The van der Waals surface area contributed by atoms with Gasteiger partial charge in [-0.2, -0.15) is 26.3 Å². The van der Waals surface area contributed by atoms with Gasteiger partial charge in [0.15, 0.2) is 0 Å². The average molecular weight is 561 g/mol. The van der Waals surface area contributed by atoms with Crippen LogP contribution in [0, 0.1) is 0 Å². The number of rotatable bonds is 6. The van der Waals surface area contributed by atoms with Crippen molar-refractivity contribution >= 4 is 17.9 Å². The summed E-state index contributed by atoms with van der Waals surface area (Å²) >= 11 is 0. The number of hydrogen-bond donors (Lipinski definition) is 0. The topological polar surface area (TPSA) is 40.6 Å². The quantitative estimate of drug-likeness (QED) is 0.314. The second-order valence-electron chi connectivity index (χ2n) is 9.49. The Kier molecular flexibility index (Phi) is 8.66. The molecule has 2 amide bonds. The highest BCUT2D eigenvalue weighted by Crippen LogP contribution is 2.37. The lowest BCUT2D eigenvalue weighted by Gasteiger charge is -2.42. The van der Waals surface area contributed by atoms with Gasteiger partial charge in [-0.05, 0) is 35.7 Å². The summed E-state index contributed by atoms with van der Waals surface area (Å²) in [6, 6.07) is 18.6. The van der Waals surface area contributed by atoms with Gasteiger partial charge in [-0.3, -0.25) is 9.59 Å². The molecule has 4 rings (SSSR count). The van der Waals surface area contributed by atoms with Crippen LogP contribution in [0.15, 0.2) is 84.9 Å². The van der Waals surface area contributed by atoms with Gasteiger partial charge in [0.2, 0.25) is 5.91 Å². The smallest absolute Gasteiger partial charge is 0.339 e. The van der Waals surface area contributed by atoms with E-state index in [-0.39, 0.29) is 44.4 Å². The van der Waals surface area contributed by atoms with Gasteiger partial charge < -0.3 is 9.80 Å². The van der Waals surface area contributed by atoms with Gasteiger partial charge in [0.25, 0.3) is 5.91 Å². The van der Waals surface area contributed by atoms with Crippen LogP contribution in [-0.4, -0.2) is 47.3 Å². The van der Waals surface area contributed by atoms with Gasteiger partial charge in [0.1, 0.15) is 0 Å². The van der Waals surface area contributed by atoms with Gasteiger partial charge in [-0.15, -0.1) is 0 Å². The third-order valence-corrected chi connectivity index (χ3v) is 6.65. The Bertz CT molecular complexity index is 1320. The summed E-state index contributed by atoms with van der Waals surface area (Å²) in [4.78, 5) is 29.2. The van der Waals surface area contributed by atoms with Crippen LogP contribution >= 0.6 is 0 Å². The first-order chi connectivity index (χ1) is 18.9. The molecule has 0 N–H and O–H groups in total. The van der Waals surface area contributed by atoms with Crippen LogP contribution in [0.1, 0.15) is 39.0 Å². The van der Waals surface area contributed by atoms with Crippen LogP contribution < -0.4 is 0 Å². The van der Waals surface area contributed by atoms with Gasteiger partial charge in [0, 0.05) is 31.6 Å². The first kappa shape index (κ1) is 28.9.